The van der Waals surface area contributed by atoms with Gasteiger partial charge in [0.1, 0.15) is 6.61 Å². The maximum atomic E-state index is 11.5. The Balaban J connectivity index is 0.000000501. The van der Waals surface area contributed by atoms with Crippen LogP contribution in [-0.2, 0) is 28.7 Å². The van der Waals surface area contributed by atoms with Gasteiger partial charge in [0.05, 0.1) is 6.61 Å². The first-order chi connectivity index (χ1) is 27.3. The lowest BCUT2D eigenvalue weighted by Crippen LogP contribution is -2.19. The number of hydrogen-bond donors (Lipinski definition) is 2. The zero-order valence-electron chi connectivity index (χ0n) is 37.2. The molecule has 8 heteroatoms. The number of aliphatic hydroxyl groups excluding tert-OH is 1. The SMILES string of the molecule is CC1=C(/C=C/C(C)=C/C=C/C(C)=C/CO)C(C)(C)CCC1.CC1=C(/C=C/C(C)=C/C=C/C(C)=C/COC(=O)CCCC(=O)O)C(C)(C)CCC1.O=C1CCCC(=O)O1. The zero-order valence-corrected chi connectivity index (χ0v) is 37.2. The van der Waals surface area contributed by atoms with Gasteiger partial charge in [0.2, 0.25) is 0 Å². The van der Waals surface area contributed by atoms with E-state index in [-0.39, 0.29) is 49.4 Å². The second-order valence-electron chi connectivity index (χ2n) is 16.8. The first-order valence-electron chi connectivity index (χ1n) is 20.8. The number of aliphatic carboxylic acids is 1. The Bertz CT molecular complexity index is 1700. The predicted molar refractivity (Wildman–Crippen MR) is 237 cm³/mol. The number of aliphatic hydroxyl groups is 1. The highest BCUT2D eigenvalue weighted by molar-refractivity contribution is 5.87. The van der Waals surface area contributed by atoms with Crippen LogP contribution in [0.25, 0.3) is 0 Å². The third kappa shape index (κ3) is 22.4. The quantitative estimate of drug-likeness (QED) is 0.0952. The van der Waals surface area contributed by atoms with E-state index in [4.69, 9.17) is 14.9 Å². The number of carbonyl (C=O) groups excluding carboxylic acids is 3. The van der Waals surface area contributed by atoms with E-state index < -0.39 is 5.97 Å². The van der Waals surface area contributed by atoms with E-state index in [2.05, 4.69) is 96.6 Å². The highest BCUT2D eigenvalue weighted by Crippen LogP contribution is 2.41. The molecule has 0 aromatic heterocycles. The van der Waals surface area contributed by atoms with Gasteiger partial charge < -0.3 is 19.7 Å². The lowest BCUT2D eigenvalue weighted by atomic mass is 9.72. The van der Waals surface area contributed by atoms with Crippen LogP contribution in [0.3, 0.4) is 0 Å². The molecular weight excluding hydrogens is 729 g/mol. The van der Waals surface area contributed by atoms with Crippen LogP contribution in [-0.4, -0.2) is 47.3 Å². The minimum Gasteiger partial charge on any atom is -0.481 e. The van der Waals surface area contributed by atoms with Crippen molar-refractivity contribution in [1.82, 2.24) is 0 Å². The molecule has 1 heterocycles. The average Bonchev–Trinajstić information content (AvgIpc) is 3.11. The third-order valence-corrected chi connectivity index (χ3v) is 10.4. The van der Waals surface area contributed by atoms with Crippen molar-refractivity contribution in [1.29, 1.82) is 0 Å². The van der Waals surface area contributed by atoms with Gasteiger partial charge in [0.15, 0.2) is 0 Å². The Morgan fingerprint density at radius 1 is 0.672 bits per heavy atom. The molecule has 0 aromatic carbocycles. The summed E-state index contributed by atoms with van der Waals surface area (Å²) in [5.74, 6) is -2.04. The minimum atomic E-state index is -0.897. The number of carboxylic acids is 1. The van der Waals surface area contributed by atoms with Crippen molar-refractivity contribution in [2.75, 3.05) is 13.2 Å². The molecule has 58 heavy (non-hydrogen) atoms. The summed E-state index contributed by atoms with van der Waals surface area (Å²) in [7, 11) is 0. The van der Waals surface area contributed by atoms with Gasteiger partial charge in [-0.2, -0.15) is 0 Å². The van der Waals surface area contributed by atoms with Gasteiger partial charge in [-0.05, 0) is 121 Å². The van der Waals surface area contributed by atoms with Gasteiger partial charge in [0.25, 0.3) is 0 Å². The molecule has 1 aliphatic heterocycles. The Kier molecular flexibility index (Phi) is 24.1. The third-order valence-electron chi connectivity index (χ3n) is 10.4. The summed E-state index contributed by atoms with van der Waals surface area (Å²) >= 11 is 0. The normalized spacial score (nSPS) is 19.4. The van der Waals surface area contributed by atoms with Crippen molar-refractivity contribution in [3.8, 4) is 0 Å². The second-order valence-corrected chi connectivity index (χ2v) is 16.8. The molecule has 0 amide bonds. The van der Waals surface area contributed by atoms with E-state index in [0.717, 1.165) is 11.1 Å². The van der Waals surface area contributed by atoms with E-state index in [9.17, 15) is 19.2 Å². The van der Waals surface area contributed by atoms with Crippen LogP contribution < -0.4 is 0 Å². The van der Waals surface area contributed by atoms with Crippen molar-refractivity contribution < 1.29 is 38.9 Å². The van der Waals surface area contributed by atoms with E-state index in [1.807, 2.05) is 44.2 Å². The van der Waals surface area contributed by atoms with Crippen LogP contribution in [0, 0.1) is 10.8 Å². The maximum Gasteiger partial charge on any atom is 0.313 e. The summed E-state index contributed by atoms with van der Waals surface area (Å²) in [6.45, 7) is 22.3. The summed E-state index contributed by atoms with van der Waals surface area (Å²) in [5, 5.41) is 17.4. The highest BCUT2D eigenvalue weighted by atomic mass is 16.6. The fourth-order valence-corrected chi connectivity index (χ4v) is 6.87. The van der Waals surface area contributed by atoms with Gasteiger partial charge >= 0.3 is 23.9 Å². The van der Waals surface area contributed by atoms with Crippen molar-refractivity contribution >= 4 is 23.9 Å². The number of carboxylic acid groups (broad SMARTS) is 1. The number of rotatable bonds is 15. The van der Waals surface area contributed by atoms with Crippen LogP contribution in [0.4, 0.5) is 0 Å². The van der Waals surface area contributed by atoms with Crippen LogP contribution in [0.15, 0.2) is 117 Å². The number of hydrogen-bond acceptors (Lipinski definition) is 7. The first kappa shape index (κ1) is 51.5. The Hall–Kier alpha value is -4.56. The molecule has 2 N–H and O–H groups in total. The fraction of sp³-hybridized carbons (Fsp3) is 0.520. The summed E-state index contributed by atoms with van der Waals surface area (Å²) in [5.41, 5.74) is 11.0. The molecule has 320 valence electrons. The lowest BCUT2D eigenvalue weighted by molar-refractivity contribution is -0.163. The molecule has 0 bridgehead atoms. The van der Waals surface area contributed by atoms with Gasteiger partial charge in [-0.15, -0.1) is 0 Å². The highest BCUT2D eigenvalue weighted by Gasteiger charge is 2.27. The summed E-state index contributed by atoms with van der Waals surface area (Å²) in [4.78, 5) is 42.4. The standard InChI is InChI=1S/C25H36O4.C20H30O.C5H6O3/c1-19(14-15-22-21(3)11-8-17-25(22,4)5)9-6-10-20(2)16-18-29-24(28)13-7-12-23(26)27;1-16(8-6-9-17(2)13-15-21)11-12-19-18(3)10-7-14-20(19,4)5;6-4-2-1-3-5(7)8-4/h6,9-10,14-16H,7-8,11-13,17-18H2,1-5H3,(H,26,27);6,8-9,11-13,21H,7,10,14-15H2,1-5H3;1-3H2/b10-6+,15-14+,19-9+,20-16+;9-6+,12-11+,16-8+,17-13+;. The van der Waals surface area contributed by atoms with Crippen molar-refractivity contribution in [3.63, 3.8) is 0 Å². The first-order valence-corrected chi connectivity index (χ1v) is 20.8. The maximum absolute atomic E-state index is 11.5. The van der Waals surface area contributed by atoms with Crippen molar-refractivity contribution in [2.45, 2.75) is 146 Å². The molecule has 0 unspecified atom stereocenters. The summed E-state index contributed by atoms with van der Waals surface area (Å²) < 4.78 is 9.29. The minimum absolute atomic E-state index is 0.0127. The fourth-order valence-electron chi connectivity index (χ4n) is 6.87. The number of allylic oxidation sites excluding steroid dienone is 18. The molecule has 0 radical (unpaired) electrons. The topological polar surface area (TPSA) is 127 Å². The Morgan fingerprint density at radius 3 is 1.53 bits per heavy atom. The monoisotopic (exact) mass is 801 g/mol. The molecular formula is C50H72O8. The summed E-state index contributed by atoms with van der Waals surface area (Å²) in [6.07, 6.45) is 34.2. The number of ether oxygens (including phenoxy) is 2. The van der Waals surface area contributed by atoms with E-state index >= 15 is 0 Å². The predicted octanol–water partition coefficient (Wildman–Crippen LogP) is 12.1. The Morgan fingerprint density at radius 2 is 1.14 bits per heavy atom. The van der Waals surface area contributed by atoms with Crippen LogP contribution in [0.1, 0.15) is 146 Å². The number of cyclic esters (lactones) is 2. The van der Waals surface area contributed by atoms with Crippen LogP contribution in [0.2, 0.25) is 0 Å². The Labute approximate surface area is 349 Å². The second kappa shape index (κ2) is 27.2. The van der Waals surface area contributed by atoms with Gasteiger partial charge in [-0.3, -0.25) is 19.2 Å². The smallest absolute Gasteiger partial charge is 0.313 e. The molecule has 1 fully saturated rings. The molecule has 0 saturated carbocycles. The van der Waals surface area contributed by atoms with Gasteiger partial charge in [0, 0.05) is 25.7 Å². The van der Waals surface area contributed by atoms with Gasteiger partial charge in [-0.1, -0.05) is 128 Å². The molecule has 1 saturated heterocycles. The van der Waals surface area contributed by atoms with Crippen molar-refractivity contribution in [2.24, 2.45) is 10.8 Å². The zero-order chi connectivity index (χ0) is 43.7. The largest absolute Gasteiger partial charge is 0.481 e. The molecule has 3 rings (SSSR count). The molecule has 3 aliphatic rings. The molecule has 0 atom stereocenters. The van der Waals surface area contributed by atoms with Crippen LogP contribution >= 0.6 is 0 Å². The van der Waals surface area contributed by atoms with Crippen molar-refractivity contribution in [3.05, 3.63) is 117 Å². The number of esters is 3. The lowest BCUT2D eigenvalue weighted by Gasteiger charge is -2.33. The number of carbonyl (C=O) groups is 4. The molecule has 2 aliphatic carbocycles. The van der Waals surface area contributed by atoms with E-state index in [0.29, 0.717) is 31.1 Å². The van der Waals surface area contributed by atoms with Gasteiger partial charge in [-0.25, -0.2) is 0 Å². The van der Waals surface area contributed by atoms with E-state index in [1.54, 1.807) is 6.08 Å². The van der Waals surface area contributed by atoms with E-state index in [1.165, 1.54) is 72.0 Å². The molecule has 0 spiro atoms. The average molecular weight is 801 g/mol. The molecule has 0 aromatic rings. The van der Waals surface area contributed by atoms with Crippen LogP contribution in [0.5, 0.6) is 0 Å². The summed E-state index contributed by atoms with van der Waals surface area (Å²) in [6, 6.07) is 0. The molecule has 8 nitrogen and oxygen atoms in total.